The fourth-order valence-electron chi connectivity index (χ4n) is 0.667. The predicted octanol–water partition coefficient (Wildman–Crippen LogP) is -13.6. The molecule has 0 atom stereocenters. The van der Waals surface area contributed by atoms with E-state index in [1.807, 2.05) is 0 Å². The molecule has 0 heterocycles. The fraction of sp³-hybridized carbons (Fsp3) is 0. The average molecular weight is 471 g/mol. The van der Waals surface area contributed by atoms with E-state index in [1.54, 1.807) is 0 Å². The van der Waals surface area contributed by atoms with Crippen LogP contribution >= 0.6 is 0 Å². The summed E-state index contributed by atoms with van der Waals surface area (Å²) in [5.74, 6) is 0. The summed E-state index contributed by atoms with van der Waals surface area (Å²) < 4.78 is -19.4. The second kappa shape index (κ2) is 9.65. The summed E-state index contributed by atoms with van der Waals surface area (Å²) >= 11 is -10.8. The maximum absolute atomic E-state index is 10.8. The van der Waals surface area contributed by atoms with Crippen LogP contribution in [0, 0.1) is 60.7 Å². The van der Waals surface area contributed by atoms with Crippen molar-refractivity contribution in [3.8, 4) is 0 Å². The largest absolute Gasteiger partial charge is 1.00 e. The third-order valence-electron chi connectivity index (χ3n) is 1.63. The van der Waals surface area contributed by atoms with Crippen molar-refractivity contribution in [2.45, 2.75) is 0 Å². The van der Waals surface area contributed by atoms with Crippen molar-refractivity contribution in [3.05, 3.63) is 60.7 Å². The molecule has 23 heavy (non-hydrogen) atoms. The van der Waals surface area contributed by atoms with Crippen LogP contribution < -0.4 is 118 Å². The molecular weight excluding hydrogens is 471 g/mol. The summed E-state index contributed by atoms with van der Waals surface area (Å²) in [5, 5.41) is 63.3. The van der Waals surface area contributed by atoms with E-state index >= 15 is 0 Å². The van der Waals surface area contributed by atoms with Gasteiger partial charge in [0.1, 0.15) is 0 Å². The van der Waals surface area contributed by atoms with Gasteiger partial charge in [-0.25, -0.2) is 0 Å². The van der Waals surface area contributed by atoms with Gasteiger partial charge in [-0.3, -0.25) is 0 Å². The van der Waals surface area contributed by atoms with Crippen LogP contribution in [0.3, 0.4) is 0 Å². The first-order valence-corrected chi connectivity index (χ1v) is 7.48. The van der Waals surface area contributed by atoms with Crippen LogP contribution in [0.4, 0.5) is 0 Å². The van der Waals surface area contributed by atoms with Crippen LogP contribution in [0.5, 0.6) is 0 Å². The standard InChI is InChI=1S/6NO2.4Na.Rh/c6*2-1-3;;;;;/q;;;;;;4*+1;-4. The first-order chi connectivity index (χ1) is 8.34. The summed E-state index contributed by atoms with van der Waals surface area (Å²) in [7, 11) is 0. The van der Waals surface area contributed by atoms with E-state index in [-0.39, 0.29) is 118 Å². The molecule has 0 aromatic rings. The molecule has 0 unspecified atom stereocenters. The Morgan fingerprint density at radius 1 is 0.391 bits per heavy atom. The summed E-state index contributed by atoms with van der Waals surface area (Å²) in [6, 6.07) is 0. The van der Waals surface area contributed by atoms with E-state index in [2.05, 4.69) is 0 Å². The maximum Gasteiger partial charge on any atom is 1.00 e. The molecular formula is N6Na4O12Rh. The van der Waals surface area contributed by atoms with E-state index in [1.165, 1.54) is 0 Å². The molecule has 0 N–H and O–H groups in total. The molecule has 0 saturated carbocycles. The zero-order chi connectivity index (χ0) is 15.9. The van der Waals surface area contributed by atoms with Gasteiger partial charge >= 0.3 is 215 Å². The van der Waals surface area contributed by atoms with Crippen LogP contribution in [0.2, 0.25) is 0 Å². The monoisotopic (exact) mass is 471 g/mol. The van der Waals surface area contributed by atoms with Crippen LogP contribution in [-0.2, 0) is 13.9 Å². The Balaban J connectivity index is -0.000000270. The van der Waals surface area contributed by atoms with Crippen molar-refractivity contribution in [1.82, 2.24) is 0 Å². The molecule has 115 valence electrons. The second-order valence-corrected chi connectivity index (χ2v) is 10.7. The maximum atomic E-state index is 10.5. The van der Waals surface area contributed by atoms with Crippen molar-refractivity contribution >= 4 is 0 Å². The number of rotatable bonds is 6. The molecule has 0 aliphatic rings. The summed E-state index contributed by atoms with van der Waals surface area (Å²) in [6.07, 6.45) is 0. The zero-order valence-electron chi connectivity index (χ0n) is 11.9. The van der Waals surface area contributed by atoms with E-state index in [9.17, 15) is 60.7 Å². The molecule has 18 nitrogen and oxygen atoms in total. The Hall–Kier alpha value is 1.02. The third kappa shape index (κ3) is 2.73. The van der Waals surface area contributed by atoms with Gasteiger partial charge in [-0.2, -0.15) is 0 Å². The Labute approximate surface area is 211 Å². The Morgan fingerprint density at radius 3 is 0.478 bits per heavy atom. The summed E-state index contributed by atoms with van der Waals surface area (Å²) in [4.78, 5) is 63.3. The van der Waals surface area contributed by atoms with Gasteiger partial charge in [0.25, 0.3) is 0 Å². The van der Waals surface area contributed by atoms with Gasteiger partial charge in [0, 0.05) is 0 Å². The molecule has 0 radical (unpaired) electrons. The van der Waals surface area contributed by atoms with Gasteiger partial charge in [-0.05, 0) is 0 Å². The number of nitrogens with zero attached hydrogens (tertiary/aromatic N) is 6. The van der Waals surface area contributed by atoms with Gasteiger partial charge < -0.3 is 0 Å². The molecule has 0 aromatic carbocycles. The van der Waals surface area contributed by atoms with Crippen molar-refractivity contribution < 1.29 is 154 Å². The Morgan fingerprint density at radius 2 is 0.478 bits per heavy atom. The molecule has 0 aliphatic heterocycles. The van der Waals surface area contributed by atoms with Gasteiger partial charge in [-0.15, -0.1) is 0 Å². The van der Waals surface area contributed by atoms with E-state index in [0.29, 0.717) is 0 Å². The van der Waals surface area contributed by atoms with E-state index < -0.39 is 35.9 Å². The van der Waals surface area contributed by atoms with Crippen LogP contribution in [0.15, 0.2) is 0 Å². The number of hydrogen-bond acceptors (Lipinski definition) is 12. The molecule has 0 bridgehead atoms. The van der Waals surface area contributed by atoms with Crippen molar-refractivity contribution in [2.75, 3.05) is 0 Å². The molecule has 0 rings (SSSR count). The molecule has 0 amide bonds. The predicted molar refractivity (Wildman–Crippen MR) is 42.0 cm³/mol. The Bertz CT molecular complexity index is 440. The van der Waals surface area contributed by atoms with Crippen molar-refractivity contribution in [1.29, 1.82) is 0 Å². The molecule has 0 spiro atoms. The quantitative estimate of drug-likeness (QED) is 0.199. The summed E-state index contributed by atoms with van der Waals surface area (Å²) in [5.41, 5.74) is 0. The smallest absolute Gasteiger partial charge is 1.00 e. The average Bonchev–Trinajstić information content (AvgIpc) is 2.15. The molecule has 0 saturated heterocycles. The van der Waals surface area contributed by atoms with E-state index in [0.717, 1.165) is 0 Å². The van der Waals surface area contributed by atoms with Gasteiger partial charge in [0.2, 0.25) is 0 Å². The minimum atomic E-state index is -10.8. The normalized spacial score (nSPS) is 12.0. The molecule has 0 fully saturated rings. The van der Waals surface area contributed by atoms with Gasteiger partial charge in [-0.1, -0.05) is 0 Å². The number of nitro groups is 6. The third-order valence-corrected chi connectivity index (χ3v) is 9.66. The first kappa shape index (κ1) is 35.2. The minimum Gasteiger partial charge on any atom is 1.00 e. The van der Waals surface area contributed by atoms with Gasteiger partial charge in [0.05, 0.1) is 0 Å². The first-order valence-electron chi connectivity index (χ1n) is 3.09. The van der Waals surface area contributed by atoms with Crippen molar-refractivity contribution in [3.63, 3.8) is 0 Å². The van der Waals surface area contributed by atoms with Crippen LogP contribution in [0.25, 0.3) is 0 Å². The molecule has 0 aromatic heterocycles. The SMILES string of the molecule is O=[N+]([O-])[Rh-4]([N+](=O)[O-])([N+](=O)[O-])([N+](=O)[O-])([N+](=O)[O-])[N+](=O)[O-].[Na+].[Na+].[Na+].[Na+]. The van der Waals surface area contributed by atoms with Crippen LogP contribution in [0.1, 0.15) is 0 Å². The van der Waals surface area contributed by atoms with Crippen molar-refractivity contribution in [2.24, 2.45) is 0 Å². The van der Waals surface area contributed by atoms with E-state index in [4.69, 9.17) is 0 Å². The minimum absolute atomic E-state index is 0. The second-order valence-electron chi connectivity index (χ2n) is 2.18. The summed E-state index contributed by atoms with van der Waals surface area (Å²) in [6.45, 7) is 0. The van der Waals surface area contributed by atoms with Crippen LogP contribution in [-0.4, -0.2) is 22.0 Å². The molecule has 0 aliphatic carbocycles. The Kier molecular flexibility index (Phi) is 14.8. The molecule has 23 heteroatoms. The fourth-order valence-corrected chi connectivity index (χ4v) is 3.94. The number of hydrogen-bond donors (Lipinski definition) is 0. The zero-order valence-corrected chi connectivity index (χ0v) is 21.6. The topological polar surface area (TPSA) is 259 Å². The van der Waals surface area contributed by atoms with Gasteiger partial charge in [0.15, 0.2) is 0 Å².